The molecule has 2 heterocycles. The third kappa shape index (κ3) is 1.55. The monoisotopic (exact) mass is 180 g/mol. The van der Waals surface area contributed by atoms with Gasteiger partial charge in [-0.15, -0.1) is 0 Å². The number of hydrogen-bond donors (Lipinski definition) is 2. The van der Waals surface area contributed by atoms with Gasteiger partial charge in [-0.3, -0.25) is 0 Å². The maximum absolute atomic E-state index is 9.33. The van der Waals surface area contributed by atoms with Crippen molar-refractivity contribution in [1.29, 1.82) is 0 Å². The van der Waals surface area contributed by atoms with E-state index in [0.717, 1.165) is 18.8 Å². The van der Waals surface area contributed by atoms with E-state index in [1.165, 1.54) is 6.33 Å². The minimum atomic E-state index is -0.255. The van der Waals surface area contributed by atoms with Gasteiger partial charge in [-0.1, -0.05) is 0 Å². The molecule has 1 atom stereocenters. The molecule has 2 rings (SSSR count). The molecule has 0 spiro atoms. The molecule has 3 N–H and O–H groups in total. The minimum absolute atomic E-state index is 0.255. The summed E-state index contributed by atoms with van der Waals surface area (Å²) in [5, 5.41) is 9.33. The van der Waals surface area contributed by atoms with Crippen LogP contribution in [0.2, 0.25) is 0 Å². The van der Waals surface area contributed by atoms with Gasteiger partial charge in [-0.05, 0) is 6.42 Å². The van der Waals surface area contributed by atoms with Crippen LogP contribution < -0.4 is 10.6 Å². The highest BCUT2D eigenvalue weighted by molar-refractivity contribution is 5.61. The van der Waals surface area contributed by atoms with Crippen molar-refractivity contribution in [3.63, 3.8) is 0 Å². The lowest BCUT2D eigenvalue weighted by molar-refractivity contribution is 0.198. The van der Waals surface area contributed by atoms with Gasteiger partial charge in [0.05, 0.1) is 18.0 Å². The van der Waals surface area contributed by atoms with Crippen LogP contribution in [0.25, 0.3) is 0 Å². The number of hydrogen-bond acceptors (Lipinski definition) is 5. The number of aliphatic hydroxyl groups excluding tert-OH is 1. The second kappa shape index (κ2) is 3.18. The maximum Gasteiger partial charge on any atom is 0.155 e. The molecule has 5 nitrogen and oxygen atoms in total. The molecule has 0 amide bonds. The standard InChI is InChI=1S/C8H12N4O/c9-7-3-10-5-11-8(7)12-2-1-6(13)4-12/h3,5-6,13H,1-2,4,9H2. The van der Waals surface area contributed by atoms with Crippen molar-refractivity contribution in [1.82, 2.24) is 9.97 Å². The van der Waals surface area contributed by atoms with Crippen molar-refractivity contribution < 1.29 is 5.11 Å². The fourth-order valence-corrected chi connectivity index (χ4v) is 1.53. The first-order valence-electron chi connectivity index (χ1n) is 4.26. The van der Waals surface area contributed by atoms with E-state index in [4.69, 9.17) is 5.73 Å². The molecule has 1 aliphatic heterocycles. The van der Waals surface area contributed by atoms with Crippen molar-refractivity contribution in [2.24, 2.45) is 0 Å². The number of nitrogen functional groups attached to an aromatic ring is 1. The Morgan fingerprint density at radius 2 is 2.46 bits per heavy atom. The van der Waals surface area contributed by atoms with E-state index in [1.54, 1.807) is 6.20 Å². The Kier molecular flexibility index (Phi) is 2.02. The van der Waals surface area contributed by atoms with E-state index in [9.17, 15) is 5.11 Å². The smallest absolute Gasteiger partial charge is 0.155 e. The number of aliphatic hydroxyl groups is 1. The molecule has 0 saturated carbocycles. The van der Waals surface area contributed by atoms with Gasteiger partial charge in [-0.25, -0.2) is 9.97 Å². The first-order valence-corrected chi connectivity index (χ1v) is 4.26. The molecule has 1 unspecified atom stereocenters. The van der Waals surface area contributed by atoms with Crippen LogP contribution in [0.15, 0.2) is 12.5 Å². The van der Waals surface area contributed by atoms with Gasteiger partial charge in [0.25, 0.3) is 0 Å². The summed E-state index contributed by atoms with van der Waals surface area (Å²) in [5.41, 5.74) is 6.26. The summed E-state index contributed by atoms with van der Waals surface area (Å²) >= 11 is 0. The molecule has 1 aromatic rings. The largest absolute Gasteiger partial charge is 0.394 e. The topological polar surface area (TPSA) is 75.3 Å². The lowest BCUT2D eigenvalue weighted by Gasteiger charge is -2.17. The number of nitrogens with two attached hydrogens (primary N) is 1. The molecule has 5 heteroatoms. The Hall–Kier alpha value is -1.36. The van der Waals surface area contributed by atoms with E-state index >= 15 is 0 Å². The van der Waals surface area contributed by atoms with Gasteiger partial charge in [-0.2, -0.15) is 0 Å². The number of aromatic nitrogens is 2. The third-order valence-corrected chi connectivity index (χ3v) is 2.18. The Bertz CT molecular complexity index is 304. The normalized spacial score (nSPS) is 22.2. The van der Waals surface area contributed by atoms with Crippen LogP contribution in [-0.4, -0.2) is 34.3 Å². The maximum atomic E-state index is 9.33. The lowest BCUT2D eigenvalue weighted by Crippen LogP contribution is -2.23. The van der Waals surface area contributed by atoms with Gasteiger partial charge in [0, 0.05) is 13.1 Å². The van der Waals surface area contributed by atoms with E-state index in [0.29, 0.717) is 12.2 Å². The van der Waals surface area contributed by atoms with Gasteiger partial charge in [0.15, 0.2) is 5.82 Å². The van der Waals surface area contributed by atoms with Crippen molar-refractivity contribution in [3.8, 4) is 0 Å². The van der Waals surface area contributed by atoms with Crippen LogP contribution in [-0.2, 0) is 0 Å². The summed E-state index contributed by atoms with van der Waals surface area (Å²) in [7, 11) is 0. The molecule has 0 aliphatic carbocycles. The number of nitrogens with zero attached hydrogens (tertiary/aromatic N) is 3. The summed E-state index contributed by atoms with van der Waals surface area (Å²) in [6, 6.07) is 0. The summed E-state index contributed by atoms with van der Waals surface area (Å²) in [6.45, 7) is 1.42. The predicted octanol–water partition coefficient (Wildman–Crippen LogP) is -0.370. The highest BCUT2D eigenvalue weighted by Gasteiger charge is 2.22. The molecule has 0 bridgehead atoms. The lowest BCUT2D eigenvalue weighted by atomic mass is 10.3. The highest BCUT2D eigenvalue weighted by Crippen LogP contribution is 2.22. The molecule has 1 aromatic heterocycles. The Labute approximate surface area is 76.2 Å². The third-order valence-electron chi connectivity index (χ3n) is 2.18. The van der Waals surface area contributed by atoms with Crippen molar-refractivity contribution in [3.05, 3.63) is 12.5 Å². The summed E-state index contributed by atoms with van der Waals surface area (Å²) < 4.78 is 0. The average molecular weight is 180 g/mol. The Balaban J connectivity index is 2.21. The number of rotatable bonds is 1. The fraction of sp³-hybridized carbons (Fsp3) is 0.500. The van der Waals surface area contributed by atoms with Crippen LogP contribution in [0, 0.1) is 0 Å². The van der Waals surface area contributed by atoms with Crippen molar-refractivity contribution in [2.75, 3.05) is 23.7 Å². The van der Waals surface area contributed by atoms with E-state index < -0.39 is 0 Å². The molecular formula is C8H12N4O. The van der Waals surface area contributed by atoms with E-state index in [2.05, 4.69) is 9.97 Å². The SMILES string of the molecule is Nc1cncnc1N1CCC(O)C1. The quantitative estimate of drug-likeness (QED) is 0.616. The number of anilines is 2. The van der Waals surface area contributed by atoms with Crippen LogP contribution >= 0.6 is 0 Å². The van der Waals surface area contributed by atoms with Crippen LogP contribution in [0.5, 0.6) is 0 Å². The zero-order chi connectivity index (χ0) is 9.26. The molecule has 1 aliphatic rings. The van der Waals surface area contributed by atoms with Crippen LogP contribution in [0.4, 0.5) is 11.5 Å². The second-order valence-electron chi connectivity index (χ2n) is 3.19. The summed E-state index contributed by atoms with van der Waals surface area (Å²) in [6.07, 6.45) is 3.57. The molecule has 70 valence electrons. The van der Waals surface area contributed by atoms with Gasteiger partial charge < -0.3 is 15.7 Å². The van der Waals surface area contributed by atoms with Crippen molar-refractivity contribution in [2.45, 2.75) is 12.5 Å². The van der Waals surface area contributed by atoms with Crippen LogP contribution in [0.3, 0.4) is 0 Å². The molecule has 0 aromatic carbocycles. The molecule has 1 fully saturated rings. The highest BCUT2D eigenvalue weighted by atomic mass is 16.3. The molecule has 13 heavy (non-hydrogen) atoms. The van der Waals surface area contributed by atoms with E-state index in [1.807, 2.05) is 4.90 Å². The van der Waals surface area contributed by atoms with Crippen LogP contribution in [0.1, 0.15) is 6.42 Å². The minimum Gasteiger partial charge on any atom is -0.394 e. The molecular weight excluding hydrogens is 168 g/mol. The first-order chi connectivity index (χ1) is 6.27. The first kappa shape index (κ1) is 8.25. The Morgan fingerprint density at radius 3 is 3.08 bits per heavy atom. The summed E-state index contributed by atoms with van der Waals surface area (Å²) in [5.74, 6) is 0.728. The zero-order valence-corrected chi connectivity index (χ0v) is 7.22. The predicted molar refractivity (Wildman–Crippen MR) is 49.3 cm³/mol. The van der Waals surface area contributed by atoms with Gasteiger partial charge >= 0.3 is 0 Å². The second-order valence-corrected chi connectivity index (χ2v) is 3.19. The van der Waals surface area contributed by atoms with E-state index in [-0.39, 0.29) is 6.10 Å². The van der Waals surface area contributed by atoms with Gasteiger partial charge in [0.2, 0.25) is 0 Å². The van der Waals surface area contributed by atoms with Gasteiger partial charge in [0.1, 0.15) is 6.33 Å². The molecule has 1 saturated heterocycles. The average Bonchev–Trinajstić information content (AvgIpc) is 2.53. The fourth-order valence-electron chi connectivity index (χ4n) is 1.53. The summed E-state index contributed by atoms with van der Waals surface area (Å²) in [4.78, 5) is 9.86. The zero-order valence-electron chi connectivity index (χ0n) is 7.22. The Morgan fingerprint density at radius 1 is 1.62 bits per heavy atom. The number of β-amino-alcohol motifs (C(OH)–C–C–N with tert-alkyl or cyclic N) is 1. The van der Waals surface area contributed by atoms with Crippen molar-refractivity contribution >= 4 is 11.5 Å². The molecule has 0 radical (unpaired) electrons.